The van der Waals surface area contributed by atoms with Crippen LogP contribution in [-0.2, 0) is 0 Å². The van der Waals surface area contributed by atoms with Crippen molar-refractivity contribution in [1.82, 2.24) is 15.2 Å². The van der Waals surface area contributed by atoms with E-state index in [9.17, 15) is 0 Å². The lowest BCUT2D eigenvalue weighted by Gasteiger charge is -2.17. The van der Waals surface area contributed by atoms with Gasteiger partial charge in [-0.15, -0.1) is 5.10 Å². The SMILES string of the molecule is C1=C(CCNc2nncc(Nc3ccc(N4CCCC4)cc3)n2)CCCC1. The molecule has 0 amide bonds. The number of aromatic nitrogens is 3. The first-order valence-corrected chi connectivity index (χ1v) is 10.1. The molecule has 142 valence electrons. The molecular weight excluding hydrogens is 336 g/mol. The van der Waals surface area contributed by atoms with Gasteiger partial charge in [0, 0.05) is 31.0 Å². The Kier molecular flexibility index (Phi) is 5.82. The number of hydrogen-bond donors (Lipinski definition) is 2. The Labute approximate surface area is 161 Å². The van der Waals surface area contributed by atoms with Crippen LogP contribution in [0, 0.1) is 0 Å². The minimum Gasteiger partial charge on any atom is -0.372 e. The highest BCUT2D eigenvalue weighted by Gasteiger charge is 2.12. The predicted octanol–water partition coefficient (Wildman–Crippen LogP) is 4.52. The van der Waals surface area contributed by atoms with Gasteiger partial charge >= 0.3 is 0 Å². The summed E-state index contributed by atoms with van der Waals surface area (Å²) in [6.07, 6.45) is 12.8. The second-order valence-electron chi connectivity index (χ2n) is 7.32. The highest BCUT2D eigenvalue weighted by atomic mass is 15.3. The molecule has 6 nitrogen and oxygen atoms in total. The monoisotopic (exact) mass is 364 g/mol. The van der Waals surface area contributed by atoms with E-state index in [4.69, 9.17) is 0 Å². The predicted molar refractivity (Wildman–Crippen MR) is 111 cm³/mol. The highest BCUT2D eigenvalue weighted by molar-refractivity contribution is 5.61. The molecular formula is C21H28N6. The van der Waals surface area contributed by atoms with Crippen molar-refractivity contribution in [2.24, 2.45) is 0 Å². The van der Waals surface area contributed by atoms with Crippen molar-refractivity contribution < 1.29 is 0 Å². The summed E-state index contributed by atoms with van der Waals surface area (Å²) in [5.74, 6) is 1.28. The summed E-state index contributed by atoms with van der Waals surface area (Å²) >= 11 is 0. The Morgan fingerprint density at radius 1 is 1.00 bits per heavy atom. The molecule has 0 saturated carbocycles. The van der Waals surface area contributed by atoms with Gasteiger partial charge in [0.05, 0.1) is 6.20 Å². The minimum atomic E-state index is 0.574. The van der Waals surface area contributed by atoms with Crippen LogP contribution in [0.3, 0.4) is 0 Å². The molecule has 1 aliphatic carbocycles. The lowest BCUT2D eigenvalue weighted by Crippen LogP contribution is -2.17. The van der Waals surface area contributed by atoms with Gasteiger partial charge in [-0.25, -0.2) is 0 Å². The van der Waals surface area contributed by atoms with Crippen LogP contribution >= 0.6 is 0 Å². The normalized spacial score (nSPS) is 16.9. The van der Waals surface area contributed by atoms with Gasteiger partial charge in [-0.05, 0) is 69.2 Å². The van der Waals surface area contributed by atoms with Crippen molar-refractivity contribution in [1.29, 1.82) is 0 Å². The molecule has 0 atom stereocenters. The Balaban J connectivity index is 1.31. The molecule has 6 heteroatoms. The lowest BCUT2D eigenvalue weighted by atomic mass is 9.97. The number of hydrogen-bond acceptors (Lipinski definition) is 6. The Bertz CT molecular complexity index is 764. The van der Waals surface area contributed by atoms with E-state index >= 15 is 0 Å². The van der Waals surface area contributed by atoms with Crippen LogP contribution in [-0.4, -0.2) is 34.8 Å². The third kappa shape index (κ3) is 4.96. The van der Waals surface area contributed by atoms with Gasteiger partial charge in [-0.2, -0.15) is 10.1 Å². The van der Waals surface area contributed by atoms with E-state index in [0.717, 1.165) is 31.7 Å². The van der Waals surface area contributed by atoms with E-state index < -0.39 is 0 Å². The quantitative estimate of drug-likeness (QED) is 0.704. The topological polar surface area (TPSA) is 66.0 Å². The van der Waals surface area contributed by atoms with Crippen LogP contribution in [0.1, 0.15) is 44.9 Å². The van der Waals surface area contributed by atoms with Crippen LogP contribution in [0.2, 0.25) is 0 Å². The smallest absolute Gasteiger partial charge is 0.244 e. The summed E-state index contributed by atoms with van der Waals surface area (Å²) in [7, 11) is 0. The summed E-state index contributed by atoms with van der Waals surface area (Å²) < 4.78 is 0. The molecule has 2 aliphatic rings. The average Bonchev–Trinajstić information content (AvgIpc) is 3.25. The van der Waals surface area contributed by atoms with E-state index in [1.54, 1.807) is 11.8 Å². The maximum atomic E-state index is 4.52. The number of nitrogens with zero attached hydrogens (tertiary/aromatic N) is 4. The first-order chi connectivity index (χ1) is 13.4. The Hall–Kier alpha value is -2.63. The van der Waals surface area contributed by atoms with E-state index in [2.05, 4.69) is 61.1 Å². The second kappa shape index (κ2) is 8.84. The number of nitrogens with one attached hydrogen (secondary N) is 2. The summed E-state index contributed by atoms with van der Waals surface area (Å²) in [5, 5.41) is 14.8. The van der Waals surface area contributed by atoms with Crippen LogP contribution in [0.5, 0.6) is 0 Å². The molecule has 1 fully saturated rings. The summed E-state index contributed by atoms with van der Waals surface area (Å²) in [5.41, 5.74) is 3.85. The van der Waals surface area contributed by atoms with Crippen molar-refractivity contribution in [3.05, 3.63) is 42.1 Å². The standard InChI is InChI=1S/C21H28N6/c1-2-6-17(7-3-1)12-13-22-21-25-20(16-23-26-21)24-18-8-10-19(11-9-18)27-14-4-5-15-27/h6,8-11,16H,1-5,7,12-15H2,(H2,22,24,25,26). The van der Waals surface area contributed by atoms with Gasteiger partial charge in [0.1, 0.15) is 0 Å². The van der Waals surface area contributed by atoms with E-state index in [1.165, 1.54) is 44.2 Å². The molecule has 4 rings (SSSR count). The Morgan fingerprint density at radius 2 is 1.85 bits per heavy atom. The summed E-state index contributed by atoms with van der Waals surface area (Å²) in [6.45, 7) is 3.17. The average molecular weight is 364 g/mol. The van der Waals surface area contributed by atoms with Crippen LogP contribution in [0.25, 0.3) is 0 Å². The molecule has 1 aromatic heterocycles. The number of anilines is 4. The van der Waals surface area contributed by atoms with Gasteiger partial charge in [0.15, 0.2) is 5.82 Å². The van der Waals surface area contributed by atoms with Crippen molar-refractivity contribution in [2.45, 2.75) is 44.9 Å². The fourth-order valence-electron chi connectivity index (χ4n) is 3.78. The third-order valence-electron chi connectivity index (χ3n) is 5.28. The van der Waals surface area contributed by atoms with Gasteiger partial charge in [0.2, 0.25) is 5.95 Å². The van der Waals surface area contributed by atoms with Gasteiger partial charge in [-0.1, -0.05) is 11.6 Å². The van der Waals surface area contributed by atoms with Crippen LogP contribution < -0.4 is 15.5 Å². The molecule has 1 saturated heterocycles. The highest BCUT2D eigenvalue weighted by Crippen LogP contribution is 2.23. The van der Waals surface area contributed by atoms with Gasteiger partial charge in [-0.3, -0.25) is 0 Å². The zero-order valence-corrected chi connectivity index (χ0v) is 15.8. The summed E-state index contributed by atoms with van der Waals surface area (Å²) in [6, 6.07) is 8.52. The molecule has 2 N–H and O–H groups in total. The number of benzene rings is 1. The molecule has 0 bridgehead atoms. The molecule has 0 spiro atoms. The minimum absolute atomic E-state index is 0.574. The van der Waals surface area contributed by atoms with E-state index in [-0.39, 0.29) is 0 Å². The maximum absolute atomic E-state index is 4.52. The van der Waals surface area contributed by atoms with E-state index in [0.29, 0.717) is 11.8 Å². The van der Waals surface area contributed by atoms with Crippen molar-refractivity contribution in [3.63, 3.8) is 0 Å². The van der Waals surface area contributed by atoms with Crippen LogP contribution in [0.4, 0.5) is 23.1 Å². The third-order valence-corrected chi connectivity index (χ3v) is 5.28. The van der Waals surface area contributed by atoms with Crippen molar-refractivity contribution >= 4 is 23.1 Å². The molecule has 1 aromatic carbocycles. The zero-order valence-electron chi connectivity index (χ0n) is 15.8. The van der Waals surface area contributed by atoms with E-state index in [1.807, 2.05) is 0 Å². The molecule has 0 radical (unpaired) electrons. The molecule has 2 aromatic rings. The molecule has 0 unspecified atom stereocenters. The van der Waals surface area contributed by atoms with Gasteiger partial charge < -0.3 is 15.5 Å². The molecule has 1 aliphatic heterocycles. The van der Waals surface area contributed by atoms with Crippen LogP contribution in [0.15, 0.2) is 42.1 Å². The first kappa shape index (κ1) is 17.8. The molecule has 27 heavy (non-hydrogen) atoms. The Morgan fingerprint density at radius 3 is 2.63 bits per heavy atom. The first-order valence-electron chi connectivity index (χ1n) is 10.1. The fourth-order valence-corrected chi connectivity index (χ4v) is 3.78. The van der Waals surface area contributed by atoms with Crippen molar-refractivity contribution in [2.75, 3.05) is 35.2 Å². The maximum Gasteiger partial charge on any atom is 0.244 e. The van der Waals surface area contributed by atoms with Gasteiger partial charge in [0.25, 0.3) is 0 Å². The second-order valence-corrected chi connectivity index (χ2v) is 7.32. The molecule has 2 heterocycles. The fraction of sp³-hybridized carbons (Fsp3) is 0.476. The zero-order chi connectivity index (χ0) is 18.3. The number of allylic oxidation sites excluding steroid dienone is 1. The largest absolute Gasteiger partial charge is 0.372 e. The summed E-state index contributed by atoms with van der Waals surface area (Å²) in [4.78, 5) is 6.96. The van der Waals surface area contributed by atoms with Crippen molar-refractivity contribution in [3.8, 4) is 0 Å². The number of rotatable bonds is 7. The lowest BCUT2D eigenvalue weighted by molar-refractivity contribution is 0.679.